The van der Waals surface area contributed by atoms with E-state index in [1.807, 2.05) is 19.1 Å². The van der Waals surface area contributed by atoms with Gasteiger partial charge < -0.3 is 10.5 Å². The van der Waals surface area contributed by atoms with Crippen LogP contribution in [0.15, 0.2) is 42.5 Å². The molecule has 0 saturated heterocycles. The summed E-state index contributed by atoms with van der Waals surface area (Å²) in [5.41, 5.74) is 6.22. The molecule has 0 aliphatic rings. The van der Waals surface area contributed by atoms with Gasteiger partial charge in [0, 0.05) is 23.7 Å². The highest BCUT2D eigenvalue weighted by Gasteiger charge is 2.16. The third-order valence-corrected chi connectivity index (χ3v) is 3.10. The van der Waals surface area contributed by atoms with Crippen LogP contribution in [0.3, 0.4) is 0 Å². The smallest absolute Gasteiger partial charge is 0.305 e. The molecule has 0 spiro atoms. The predicted octanol–water partition coefficient (Wildman–Crippen LogP) is 3.94. The van der Waals surface area contributed by atoms with E-state index in [9.17, 15) is 14.5 Å². The molecule has 0 saturated carbocycles. The molecule has 0 heterocycles. The Kier molecular flexibility index (Phi) is 4.49. The van der Waals surface area contributed by atoms with Crippen LogP contribution >= 0.6 is 0 Å². The lowest BCUT2D eigenvalue weighted by atomic mass is 10.0. The fourth-order valence-electron chi connectivity index (χ4n) is 1.93. The molecule has 0 aliphatic heterocycles. The van der Waals surface area contributed by atoms with Crippen LogP contribution in [0.25, 0.3) is 0 Å². The van der Waals surface area contributed by atoms with Gasteiger partial charge in [0.25, 0.3) is 0 Å². The fourth-order valence-corrected chi connectivity index (χ4v) is 1.93. The van der Waals surface area contributed by atoms with Gasteiger partial charge in [-0.05, 0) is 18.6 Å². The van der Waals surface area contributed by atoms with E-state index < -0.39 is 16.4 Å². The summed E-state index contributed by atoms with van der Waals surface area (Å²) in [6.45, 7) is 1.95. The summed E-state index contributed by atoms with van der Waals surface area (Å²) in [5, 5.41) is 10.6. The largest absolute Gasteiger partial charge is 0.457 e. The third-order valence-electron chi connectivity index (χ3n) is 3.10. The first-order valence-electron chi connectivity index (χ1n) is 6.49. The molecule has 1 unspecified atom stereocenters. The Hall–Kier alpha value is -2.47. The summed E-state index contributed by atoms with van der Waals surface area (Å²) in [7, 11) is 0. The average Bonchev–Trinajstić information content (AvgIpc) is 2.46. The van der Waals surface area contributed by atoms with Crippen molar-refractivity contribution in [3.63, 3.8) is 0 Å². The van der Waals surface area contributed by atoms with Crippen LogP contribution in [0.1, 0.15) is 24.9 Å². The van der Waals surface area contributed by atoms with E-state index in [2.05, 4.69) is 0 Å². The Morgan fingerprint density at radius 3 is 2.67 bits per heavy atom. The standard InChI is InChI=1S/C15H15FN2O3/c1-2-13(17)11-5-3-4-6-15(11)21-10-7-8-14(18(19)20)12(16)9-10/h3-9,13H,2,17H2,1H3. The molecule has 0 bridgehead atoms. The topological polar surface area (TPSA) is 78.4 Å². The number of nitrogens with zero attached hydrogens (tertiary/aromatic N) is 1. The molecule has 1 atom stereocenters. The van der Waals surface area contributed by atoms with Crippen molar-refractivity contribution in [3.8, 4) is 11.5 Å². The maximum Gasteiger partial charge on any atom is 0.305 e. The van der Waals surface area contributed by atoms with Crippen molar-refractivity contribution in [1.29, 1.82) is 0 Å². The molecule has 0 radical (unpaired) electrons. The third kappa shape index (κ3) is 3.35. The van der Waals surface area contributed by atoms with E-state index in [-0.39, 0.29) is 11.8 Å². The van der Waals surface area contributed by atoms with Gasteiger partial charge in [0.15, 0.2) is 0 Å². The zero-order valence-electron chi connectivity index (χ0n) is 11.5. The first kappa shape index (κ1) is 14.9. The minimum Gasteiger partial charge on any atom is -0.457 e. The van der Waals surface area contributed by atoms with Crippen molar-refractivity contribution in [2.24, 2.45) is 5.73 Å². The molecule has 0 fully saturated rings. The van der Waals surface area contributed by atoms with Gasteiger partial charge in [-0.15, -0.1) is 0 Å². The number of para-hydroxylation sites is 1. The zero-order chi connectivity index (χ0) is 15.4. The summed E-state index contributed by atoms with van der Waals surface area (Å²) in [4.78, 5) is 9.80. The fraction of sp³-hybridized carbons (Fsp3) is 0.200. The van der Waals surface area contributed by atoms with Crippen LogP contribution in [0, 0.1) is 15.9 Å². The number of nitro groups is 1. The lowest BCUT2D eigenvalue weighted by molar-refractivity contribution is -0.387. The number of nitrogens with two attached hydrogens (primary N) is 1. The monoisotopic (exact) mass is 290 g/mol. The normalized spacial score (nSPS) is 12.0. The second-order valence-electron chi connectivity index (χ2n) is 4.52. The maximum absolute atomic E-state index is 13.6. The number of nitro benzene ring substituents is 1. The van der Waals surface area contributed by atoms with Crippen LogP contribution in [0.4, 0.5) is 10.1 Å². The summed E-state index contributed by atoms with van der Waals surface area (Å²) in [6.07, 6.45) is 0.731. The molecular formula is C15H15FN2O3. The molecule has 2 N–H and O–H groups in total. The minimum absolute atomic E-state index is 0.189. The number of ether oxygens (including phenoxy) is 1. The van der Waals surface area contributed by atoms with Gasteiger partial charge >= 0.3 is 5.69 Å². The van der Waals surface area contributed by atoms with Crippen molar-refractivity contribution < 1.29 is 14.1 Å². The molecule has 21 heavy (non-hydrogen) atoms. The van der Waals surface area contributed by atoms with E-state index in [1.54, 1.807) is 12.1 Å². The molecule has 6 heteroatoms. The van der Waals surface area contributed by atoms with E-state index in [0.717, 1.165) is 24.1 Å². The SMILES string of the molecule is CCC(N)c1ccccc1Oc1ccc([N+](=O)[O-])c(F)c1. The van der Waals surface area contributed by atoms with Crippen LogP contribution in [-0.4, -0.2) is 4.92 Å². The molecule has 2 aromatic rings. The molecule has 110 valence electrons. The second-order valence-corrected chi connectivity index (χ2v) is 4.52. The number of hydrogen-bond donors (Lipinski definition) is 1. The van der Waals surface area contributed by atoms with Crippen LogP contribution in [0.2, 0.25) is 0 Å². The average molecular weight is 290 g/mol. The Labute approximate surface area is 121 Å². The van der Waals surface area contributed by atoms with Crippen molar-refractivity contribution in [2.75, 3.05) is 0 Å². The lowest BCUT2D eigenvalue weighted by Crippen LogP contribution is -2.09. The summed E-state index contributed by atoms with van der Waals surface area (Å²) in [5.74, 6) is -0.233. The molecule has 0 amide bonds. The number of rotatable bonds is 5. The maximum atomic E-state index is 13.6. The van der Waals surface area contributed by atoms with Gasteiger partial charge in [-0.3, -0.25) is 10.1 Å². The molecule has 0 aliphatic carbocycles. The highest BCUT2D eigenvalue weighted by atomic mass is 19.1. The molecule has 2 rings (SSSR count). The van der Waals surface area contributed by atoms with Gasteiger partial charge in [0.05, 0.1) is 4.92 Å². The quantitative estimate of drug-likeness (QED) is 0.668. The predicted molar refractivity (Wildman–Crippen MR) is 76.8 cm³/mol. The molecular weight excluding hydrogens is 275 g/mol. The summed E-state index contributed by atoms with van der Waals surface area (Å²) >= 11 is 0. The number of hydrogen-bond acceptors (Lipinski definition) is 4. The van der Waals surface area contributed by atoms with Gasteiger partial charge in [-0.1, -0.05) is 25.1 Å². The van der Waals surface area contributed by atoms with Crippen LogP contribution in [-0.2, 0) is 0 Å². The zero-order valence-corrected chi connectivity index (χ0v) is 11.5. The summed E-state index contributed by atoms with van der Waals surface area (Å²) < 4.78 is 19.2. The Balaban J connectivity index is 2.31. The number of halogens is 1. The molecule has 0 aromatic heterocycles. The summed E-state index contributed by atoms with van der Waals surface area (Å²) in [6, 6.07) is 10.4. The Morgan fingerprint density at radius 1 is 1.33 bits per heavy atom. The highest BCUT2D eigenvalue weighted by Crippen LogP contribution is 2.31. The molecule has 5 nitrogen and oxygen atoms in total. The lowest BCUT2D eigenvalue weighted by Gasteiger charge is -2.15. The first-order valence-corrected chi connectivity index (χ1v) is 6.49. The van der Waals surface area contributed by atoms with Crippen molar-refractivity contribution >= 4 is 5.69 Å². The van der Waals surface area contributed by atoms with Crippen LogP contribution < -0.4 is 10.5 Å². The van der Waals surface area contributed by atoms with Crippen molar-refractivity contribution in [3.05, 3.63) is 64.0 Å². The Morgan fingerprint density at radius 2 is 2.05 bits per heavy atom. The highest BCUT2D eigenvalue weighted by molar-refractivity contribution is 5.43. The van der Waals surface area contributed by atoms with Crippen molar-refractivity contribution in [1.82, 2.24) is 0 Å². The van der Waals surface area contributed by atoms with Gasteiger partial charge in [0.2, 0.25) is 5.82 Å². The molecule has 2 aromatic carbocycles. The Bertz CT molecular complexity index is 661. The van der Waals surface area contributed by atoms with Crippen molar-refractivity contribution in [2.45, 2.75) is 19.4 Å². The van der Waals surface area contributed by atoms with E-state index in [1.165, 1.54) is 6.07 Å². The van der Waals surface area contributed by atoms with E-state index in [0.29, 0.717) is 5.75 Å². The van der Waals surface area contributed by atoms with Gasteiger partial charge in [-0.25, -0.2) is 0 Å². The van der Waals surface area contributed by atoms with Gasteiger partial charge in [0.1, 0.15) is 11.5 Å². The van der Waals surface area contributed by atoms with E-state index >= 15 is 0 Å². The first-order chi connectivity index (χ1) is 10.0. The van der Waals surface area contributed by atoms with E-state index in [4.69, 9.17) is 10.5 Å². The minimum atomic E-state index is -0.935. The van der Waals surface area contributed by atoms with Gasteiger partial charge in [-0.2, -0.15) is 4.39 Å². The second kappa shape index (κ2) is 6.32. The van der Waals surface area contributed by atoms with Crippen LogP contribution in [0.5, 0.6) is 11.5 Å². The number of benzene rings is 2.